The Balaban J connectivity index is 2.54. The molecule has 0 saturated heterocycles. The van der Waals surface area contributed by atoms with Crippen LogP contribution in [0.3, 0.4) is 0 Å². The fourth-order valence-corrected chi connectivity index (χ4v) is 22.7. The van der Waals surface area contributed by atoms with E-state index in [1.165, 1.54) is 16.9 Å². The van der Waals surface area contributed by atoms with E-state index in [9.17, 15) is 9.59 Å². The Kier molecular flexibility index (Phi) is 16.2. The van der Waals surface area contributed by atoms with Crippen molar-refractivity contribution in [2.24, 2.45) is 0 Å². The molecule has 0 heterocycles. The zero-order valence-corrected chi connectivity index (χ0v) is 27.4. The Morgan fingerprint density at radius 3 is 1.82 bits per heavy atom. The molecule has 0 aromatic heterocycles. The van der Waals surface area contributed by atoms with Crippen LogP contribution in [-0.2, 0) is 27.3 Å². The molecule has 0 bridgehead atoms. The van der Waals surface area contributed by atoms with E-state index in [2.05, 4.69) is 38.2 Å². The maximum absolute atomic E-state index is 13.3. The number of amides is 1. The van der Waals surface area contributed by atoms with Crippen molar-refractivity contribution in [1.82, 2.24) is 5.32 Å². The monoisotopic (exact) mass is 643 g/mol. The summed E-state index contributed by atoms with van der Waals surface area (Å²) in [5, 5.41) is 3.25. The van der Waals surface area contributed by atoms with E-state index in [-0.39, 0.29) is 25.0 Å². The third-order valence-corrected chi connectivity index (χ3v) is 23.5. The summed E-state index contributed by atoms with van der Waals surface area (Å²) < 4.78 is 15.8. The molecule has 2 aromatic rings. The van der Waals surface area contributed by atoms with Gasteiger partial charge >= 0.3 is 241 Å². The van der Waals surface area contributed by atoms with E-state index in [1.807, 2.05) is 54.6 Å². The summed E-state index contributed by atoms with van der Waals surface area (Å²) in [6.45, 7) is 7.00. The first-order chi connectivity index (χ1) is 19.0. The van der Waals surface area contributed by atoms with Gasteiger partial charge < -0.3 is 0 Å². The number of ether oxygens (including phenoxy) is 2. The molecule has 1 amide bonds. The molecule has 6 heteroatoms. The molecule has 1 atom stereocenters. The number of hydrogen-bond donors (Lipinski definition) is 1. The third kappa shape index (κ3) is 11.9. The van der Waals surface area contributed by atoms with Gasteiger partial charge in [-0.1, -0.05) is 0 Å². The summed E-state index contributed by atoms with van der Waals surface area (Å²) in [6, 6.07) is 19.7. The predicted molar refractivity (Wildman–Crippen MR) is 164 cm³/mol. The van der Waals surface area contributed by atoms with E-state index >= 15 is 0 Å². The van der Waals surface area contributed by atoms with Gasteiger partial charge in [0.25, 0.3) is 0 Å². The molecule has 0 unspecified atom stereocenters. The van der Waals surface area contributed by atoms with E-state index in [1.54, 1.807) is 7.11 Å². The quantitative estimate of drug-likeness (QED) is 0.124. The van der Waals surface area contributed by atoms with Gasteiger partial charge in [0, 0.05) is 0 Å². The van der Waals surface area contributed by atoms with Gasteiger partial charge in [-0.15, -0.1) is 0 Å². The number of alkyl carbamates (subject to hydrolysis) is 1. The first-order valence-corrected chi connectivity index (χ1v) is 22.2. The number of ketones is 1. The second-order valence-corrected chi connectivity index (χ2v) is 23.8. The molecule has 2 aromatic carbocycles. The molecule has 0 radical (unpaired) electrons. The average molecular weight is 642 g/mol. The molecule has 2 rings (SSSR count). The van der Waals surface area contributed by atoms with Crippen LogP contribution in [0.15, 0.2) is 70.3 Å². The topological polar surface area (TPSA) is 64.6 Å². The summed E-state index contributed by atoms with van der Waals surface area (Å²) in [5.74, 6) is -0.0180. The fourth-order valence-electron chi connectivity index (χ4n) is 5.33. The number of carbonyl (C=O) groups excluding carboxylic acids is 2. The van der Waals surface area contributed by atoms with E-state index in [4.69, 9.17) is 9.47 Å². The number of rotatable bonds is 19. The molecule has 39 heavy (non-hydrogen) atoms. The van der Waals surface area contributed by atoms with Crippen LogP contribution in [0.2, 0.25) is 13.3 Å². The van der Waals surface area contributed by atoms with Crippen molar-refractivity contribution in [2.75, 3.05) is 13.7 Å². The van der Waals surface area contributed by atoms with E-state index < -0.39 is 24.5 Å². The molecule has 1 N–H and O–H groups in total. The molecular weight excluding hydrogens is 593 g/mol. The van der Waals surface area contributed by atoms with Crippen molar-refractivity contribution < 1.29 is 19.1 Å². The summed E-state index contributed by atoms with van der Waals surface area (Å²) >= 11 is -3.14. The van der Waals surface area contributed by atoms with Gasteiger partial charge in [0.1, 0.15) is 0 Å². The Bertz CT molecular complexity index is 972. The summed E-state index contributed by atoms with van der Waals surface area (Å²) in [6.07, 6.45) is 8.96. The summed E-state index contributed by atoms with van der Waals surface area (Å²) in [4.78, 5) is 26.4. The molecule has 0 aliphatic rings. The van der Waals surface area contributed by atoms with Crippen LogP contribution in [0.4, 0.5) is 4.79 Å². The van der Waals surface area contributed by atoms with Crippen molar-refractivity contribution in [3.05, 3.63) is 81.5 Å². The third-order valence-electron chi connectivity index (χ3n) is 7.41. The van der Waals surface area contributed by atoms with Crippen LogP contribution in [0, 0.1) is 0 Å². The first-order valence-electron chi connectivity index (χ1n) is 14.7. The van der Waals surface area contributed by atoms with Gasteiger partial charge in [0.05, 0.1) is 0 Å². The molecule has 0 aliphatic carbocycles. The molecule has 0 aliphatic heterocycles. The molecule has 5 nitrogen and oxygen atoms in total. The van der Waals surface area contributed by atoms with E-state index in [0.717, 1.165) is 49.7 Å². The van der Waals surface area contributed by atoms with Gasteiger partial charge in [0.15, 0.2) is 0 Å². The van der Waals surface area contributed by atoms with Crippen molar-refractivity contribution in [1.29, 1.82) is 0 Å². The van der Waals surface area contributed by atoms with Crippen LogP contribution < -0.4 is 5.32 Å². The Morgan fingerprint density at radius 2 is 1.33 bits per heavy atom. The van der Waals surface area contributed by atoms with Crippen molar-refractivity contribution in [3.63, 3.8) is 0 Å². The number of hydrogen-bond acceptors (Lipinski definition) is 4. The van der Waals surface area contributed by atoms with Crippen molar-refractivity contribution in [2.45, 2.75) is 91.7 Å². The number of methoxy groups -OCH3 is 1. The van der Waals surface area contributed by atoms with Gasteiger partial charge in [-0.2, -0.15) is 0 Å². The number of nitrogens with one attached hydrogen (secondary N) is 1. The van der Waals surface area contributed by atoms with Crippen LogP contribution in [-0.4, -0.2) is 50.0 Å². The fraction of sp³-hybridized carbons (Fsp3) is 0.515. The number of carbonyl (C=O) groups is 2. The van der Waals surface area contributed by atoms with Crippen LogP contribution in [0.5, 0.6) is 0 Å². The van der Waals surface area contributed by atoms with Crippen molar-refractivity contribution in [3.8, 4) is 0 Å². The normalized spacial score (nSPS) is 12.7. The zero-order valence-electron chi connectivity index (χ0n) is 24.5. The van der Waals surface area contributed by atoms with Crippen LogP contribution in [0.1, 0.15) is 70.4 Å². The average Bonchev–Trinajstić information content (AvgIpc) is 2.96. The first kappa shape index (κ1) is 33.1. The van der Waals surface area contributed by atoms with Gasteiger partial charge in [-0.25, -0.2) is 0 Å². The molecule has 0 fully saturated rings. The molecule has 214 valence electrons. The van der Waals surface area contributed by atoms with Crippen molar-refractivity contribution >= 4 is 30.3 Å². The Hall–Kier alpha value is -2.12. The summed E-state index contributed by atoms with van der Waals surface area (Å²) in [5.41, 5.74) is 2.08. The Morgan fingerprint density at radius 1 is 0.821 bits per heavy atom. The molecule has 0 spiro atoms. The second-order valence-electron chi connectivity index (χ2n) is 10.5. The Labute approximate surface area is 240 Å². The number of unbranched alkanes of at least 4 members (excludes halogenated alkanes) is 3. The molecular formula is C33H49NO4Sn. The standard InChI is InChI=1S/C21H22NO4.3C4H9.Sn/c1-25-16-20(23)13-12-19(14-17-8-4-2-5-9-17)22-21(24)26-15-18-10-6-3-7-11-18;3*1-3-4-2;/h2-11,13,19H,14-16H2,1H3,(H,22,24);3*1,3-4H2,2H3;/t19-;;;;/m1..../s1. The zero-order chi connectivity index (χ0) is 28.3. The van der Waals surface area contributed by atoms with E-state index in [0.29, 0.717) is 6.42 Å². The van der Waals surface area contributed by atoms with Crippen LogP contribution in [0.25, 0.3) is 0 Å². The van der Waals surface area contributed by atoms with Crippen LogP contribution >= 0.6 is 0 Å². The number of benzene rings is 2. The SMILES string of the molecule is CCC[CH2][Sn]([CH2]CCC)([CH2]CCC)/[C](=C/C(=O)COC)[C@H](Cc1ccccc1)NC(=O)OCc1ccccc1. The minimum absolute atomic E-state index is 0.0180. The second kappa shape index (κ2) is 19.0. The van der Waals surface area contributed by atoms with Gasteiger partial charge in [-0.3, -0.25) is 0 Å². The maximum atomic E-state index is 13.3. The van der Waals surface area contributed by atoms with Gasteiger partial charge in [0.2, 0.25) is 0 Å². The predicted octanol–water partition coefficient (Wildman–Crippen LogP) is 8.05. The minimum atomic E-state index is -3.14. The summed E-state index contributed by atoms with van der Waals surface area (Å²) in [7, 11) is 1.56. The molecule has 0 saturated carbocycles. The van der Waals surface area contributed by atoms with Gasteiger partial charge in [-0.05, 0) is 0 Å².